The van der Waals surface area contributed by atoms with Crippen molar-refractivity contribution in [1.82, 2.24) is 4.90 Å². The quantitative estimate of drug-likeness (QED) is 0.822. The van der Waals surface area contributed by atoms with E-state index in [1.54, 1.807) is 4.90 Å². The van der Waals surface area contributed by atoms with Crippen molar-refractivity contribution in [3.05, 3.63) is 0 Å². The molecule has 1 amide bonds. The molecule has 1 fully saturated rings. The lowest BCUT2D eigenvalue weighted by Gasteiger charge is -2.35. The van der Waals surface area contributed by atoms with E-state index in [4.69, 9.17) is 9.84 Å². The number of ether oxygens (including phenoxy) is 1. The lowest BCUT2D eigenvalue weighted by molar-refractivity contribution is -0.137. The number of amides is 1. The van der Waals surface area contributed by atoms with Gasteiger partial charge in [0.15, 0.2) is 0 Å². The molecular formula is C12H21NO4. The Balaban J connectivity index is 2.52. The first kappa shape index (κ1) is 13.8. The zero-order valence-electron chi connectivity index (χ0n) is 10.5. The summed E-state index contributed by atoms with van der Waals surface area (Å²) in [6.45, 7) is 4.30. The van der Waals surface area contributed by atoms with Gasteiger partial charge < -0.3 is 14.7 Å². The fourth-order valence-corrected chi connectivity index (χ4v) is 2.10. The molecule has 1 atom stereocenters. The first-order valence-corrected chi connectivity index (χ1v) is 6.19. The number of carboxylic acids is 1. The molecule has 0 aromatic rings. The summed E-state index contributed by atoms with van der Waals surface area (Å²) >= 11 is 0. The molecule has 5 nitrogen and oxygen atoms in total. The molecule has 0 aromatic carbocycles. The van der Waals surface area contributed by atoms with Crippen LogP contribution < -0.4 is 0 Å². The normalized spacial score (nSPS) is 20.4. The van der Waals surface area contributed by atoms with Crippen molar-refractivity contribution in [2.75, 3.05) is 6.54 Å². The Labute approximate surface area is 102 Å². The molecule has 1 unspecified atom stereocenters. The molecule has 1 N–H and O–H groups in total. The maximum absolute atomic E-state index is 11.8. The number of carboxylic acid groups (broad SMARTS) is 1. The monoisotopic (exact) mass is 243 g/mol. The molecule has 1 aliphatic heterocycles. The minimum atomic E-state index is -0.812. The second-order valence-corrected chi connectivity index (χ2v) is 4.71. The fraction of sp³-hybridized carbons (Fsp3) is 0.833. The summed E-state index contributed by atoms with van der Waals surface area (Å²) in [5.41, 5.74) is 0. The van der Waals surface area contributed by atoms with Crippen LogP contribution in [0.25, 0.3) is 0 Å². The van der Waals surface area contributed by atoms with Crippen LogP contribution in [0.15, 0.2) is 0 Å². The van der Waals surface area contributed by atoms with Crippen LogP contribution >= 0.6 is 0 Å². The van der Waals surface area contributed by atoms with Gasteiger partial charge in [-0.3, -0.25) is 4.79 Å². The first-order chi connectivity index (χ1) is 8.00. The van der Waals surface area contributed by atoms with Gasteiger partial charge in [-0.2, -0.15) is 0 Å². The van der Waals surface area contributed by atoms with Crippen LogP contribution in [0.1, 0.15) is 46.0 Å². The van der Waals surface area contributed by atoms with Gasteiger partial charge in [-0.05, 0) is 39.5 Å². The third kappa shape index (κ3) is 4.63. The molecule has 1 heterocycles. The van der Waals surface area contributed by atoms with E-state index in [0.29, 0.717) is 13.0 Å². The Hall–Kier alpha value is -1.26. The summed E-state index contributed by atoms with van der Waals surface area (Å²) in [7, 11) is 0. The van der Waals surface area contributed by atoms with Gasteiger partial charge in [0, 0.05) is 19.0 Å². The Bertz CT molecular complexity index is 278. The summed E-state index contributed by atoms with van der Waals surface area (Å²) < 4.78 is 5.17. The Kier molecular flexibility index (Phi) is 5.25. The number of carbonyl (C=O) groups is 2. The van der Waals surface area contributed by atoms with Crippen LogP contribution in [0.3, 0.4) is 0 Å². The van der Waals surface area contributed by atoms with E-state index in [1.165, 1.54) is 0 Å². The molecule has 1 saturated heterocycles. The maximum atomic E-state index is 11.8. The van der Waals surface area contributed by atoms with Gasteiger partial charge in [0.25, 0.3) is 0 Å². The van der Waals surface area contributed by atoms with E-state index in [9.17, 15) is 9.59 Å². The van der Waals surface area contributed by atoms with Gasteiger partial charge in [0.2, 0.25) is 0 Å². The molecule has 5 heteroatoms. The van der Waals surface area contributed by atoms with E-state index in [0.717, 1.165) is 19.3 Å². The molecule has 0 radical (unpaired) electrons. The molecule has 0 saturated carbocycles. The molecule has 0 bridgehead atoms. The van der Waals surface area contributed by atoms with Gasteiger partial charge in [-0.1, -0.05) is 0 Å². The number of likely N-dealkylation sites (tertiary alicyclic amines) is 1. The second-order valence-electron chi connectivity index (χ2n) is 4.71. The molecule has 1 aliphatic rings. The third-order valence-electron chi connectivity index (χ3n) is 2.89. The summed E-state index contributed by atoms with van der Waals surface area (Å²) in [4.78, 5) is 24.1. The number of carbonyl (C=O) groups excluding carboxylic acids is 1. The number of hydrogen-bond acceptors (Lipinski definition) is 3. The van der Waals surface area contributed by atoms with Crippen molar-refractivity contribution in [2.24, 2.45) is 0 Å². The zero-order valence-corrected chi connectivity index (χ0v) is 10.5. The van der Waals surface area contributed by atoms with Crippen molar-refractivity contribution in [3.63, 3.8) is 0 Å². The number of nitrogens with zero attached hydrogens (tertiary/aromatic N) is 1. The predicted octanol–water partition coefficient (Wildman–Crippen LogP) is 2.25. The second kappa shape index (κ2) is 6.47. The first-order valence-electron chi connectivity index (χ1n) is 6.19. The Morgan fingerprint density at radius 3 is 2.71 bits per heavy atom. The van der Waals surface area contributed by atoms with Crippen molar-refractivity contribution >= 4 is 12.1 Å². The van der Waals surface area contributed by atoms with Crippen LogP contribution in [0.5, 0.6) is 0 Å². The van der Waals surface area contributed by atoms with Crippen molar-refractivity contribution in [2.45, 2.75) is 58.1 Å². The van der Waals surface area contributed by atoms with Crippen LogP contribution in [0, 0.1) is 0 Å². The van der Waals surface area contributed by atoms with Crippen LogP contribution in [0.4, 0.5) is 4.79 Å². The molecule has 17 heavy (non-hydrogen) atoms. The average Bonchev–Trinajstić information content (AvgIpc) is 2.25. The molecule has 0 aromatic heterocycles. The summed E-state index contributed by atoms with van der Waals surface area (Å²) in [6, 6.07) is 0.0195. The minimum absolute atomic E-state index is 0.0195. The topological polar surface area (TPSA) is 66.8 Å². The van der Waals surface area contributed by atoms with E-state index < -0.39 is 5.97 Å². The summed E-state index contributed by atoms with van der Waals surface area (Å²) in [6.07, 6.45) is 3.07. The van der Waals surface area contributed by atoms with E-state index in [2.05, 4.69) is 0 Å². The van der Waals surface area contributed by atoms with Gasteiger partial charge in [0.05, 0.1) is 6.10 Å². The van der Waals surface area contributed by atoms with Gasteiger partial charge in [-0.25, -0.2) is 4.79 Å². The summed E-state index contributed by atoms with van der Waals surface area (Å²) in [5, 5.41) is 8.68. The van der Waals surface area contributed by atoms with Crippen molar-refractivity contribution in [3.8, 4) is 0 Å². The Morgan fingerprint density at radius 2 is 2.12 bits per heavy atom. The van der Waals surface area contributed by atoms with E-state index >= 15 is 0 Å². The van der Waals surface area contributed by atoms with E-state index in [-0.39, 0.29) is 24.7 Å². The van der Waals surface area contributed by atoms with Gasteiger partial charge in [0.1, 0.15) is 0 Å². The standard InChI is InChI=1S/C12H21NO4/c1-9(2)17-12(16)13-8-4-3-5-10(13)6-7-11(14)15/h9-10H,3-8H2,1-2H3,(H,14,15). The highest BCUT2D eigenvalue weighted by atomic mass is 16.6. The smallest absolute Gasteiger partial charge is 0.410 e. The molecule has 98 valence electrons. The lowest BCUT2D eigenvalue weighted by atomic mass is 9.98. The Morgan fingerprint density at radius 1 is 1.41 bits per heavy atom. The molecule has 1 rings (SSSR count). The van der Waals surface area contributed by atoms with Gasteiger partial charge >= 0.3 is 12.1 Å². The SMILES string of the molecule is CC(C)OC(=O)N1CCCCC1CCC(=O)O. The number of aliphatic carboxylic acids is 1. The van der Waals surface area contributed by atoms with Crippen molar-refractivity contribution < 1.29 is 19.4 Å². The van der Waals surface area contributed by atoms with Crippen LogP contribution in [-0.4, -0.2) is 40.8 Å². The molecular weight excluding hydrogens is 222 g/mol. The predicted molar refractivity (Wildman–Crippen MR) is 62.8 cm³/mol. The van der Waals surface area contributed by atoms with Crippen LogP contribution in [-0.2, 0) is 9.53 Å². The largest absolute Gasteiger partial charge is 0.481 e. The lowest BCUT2D eigenvalue weighted by Crippen LogP contribution is -2.44. The third-order valence-corrected chi connectivity index (χ3v) is 2.89. The highest BCUT2D eigenvalue weighted by molar-refractivity contribution is 5.69. The molecule has 0 spiro atoms. The average molecular weight is 243 g/mol. The zero-order chi connectivity index (χ0) is 12.8. The summed E-state index contributed by atoms with van der Waals surface area (Å²) in [5.74, 6) is -0.812. The fourth-order valence-electron chi connectivity index (χ4n) is 2.10. The minimum Gasteiger partial charge on any atom is -0.481 e. The number of piperidine rings is 1. The highest BCUT2D eigenvalue weighted by Crippen LogP contribution is 2.22. The molecule has 0 aliphatic carbocycles. The highest BCUT2D eigenvalue weighted by Gasteiger charge is 2.28. The van der Waals surface area contributed by atoms with Crippen molar-refractivity contribution in [1.29, 1.82) is 0 Å². The van der Waals surface area contributed by atoms with Gasteiger partial charge in [-0.15, -0.1) is 0 Å². The number of hydrogen-bond donors (Lipinski definition) is 1. The number of rotatable bonds is 4. The van der Waals surface area contributed by atoms with E-state index in [1.807, 2.05) is 13.8 Å². The maximum Gasteiger partial charge on any atom is 0.410 e. The van der Waals surface area contributed by atoms with Crippen LogP contribution in [0.2, 0.25) is 0 Å².